The molecular formula is C17H21ClN4O2. The first-order valence-electron chi connectivity index (χ1n) is 8.23. The minimum atomic E-state index is -0.0304. The fraction of sp³-hybridized carbons (Fsp3) is 0.471. The zero-order chi connectivity index (χ0) is 16.9. The number of hydrogen-bond acceptors (Lipinski definition) is 5. The maximum atomic E-state index is 12.6. The van der Waals surface area contributed by atoms with Crippen molar-refractivity contribution < 1.29 is 9.32 Å². The molecule has 0 aromatic carbocycles. The summed E-state index contributed by atoms with van der Waals surface area (Å²) < 4.78 is 5.36. The number of aromatic nitrogens is 2. The van der Waals surface area contributed by atoms with Crippen LogP contribution < -0.4 is 0 Å². The van der Waals surface area contributed by atoms with Crippen molar-refractivity contribution in [1.82, 2.24) is 19.9 Å². The van der Waals surface area contributed by atoms with Crippen molar-refractivity contribution >= 4 is 17.5 Å². The molecule has 0 saturated carbocycles. The van der Waals surface area contributed by atoms with E-state index in [1.807, 2.05) is 11.0 Å². The molecule has 3 rings (SSSR count). The summed E-state index contributed by atoms with van der Waals surface area (Å²) in [6.45, 7) is 5.91. The predicted molar refractivity (Wildman–Crippen MR) is 90.9 cm³/mol. The van der Waals surface area contributed by atoms with Crippen LogP contribution in [0.2, 0.25) is 5.02 Å². The van der Waals surface area contributed by atoms with Crippen LogP contribution in [0, 0.1) is 0 Å². The molecule has 2 aromatic rings. The van der Waals surface area contributed by atoms with Gasteiger partial charge >= 0.3 is 0 Å². The standard InChI is InChI=1S/C17H21ClN4O2/c1-2-13-10-14(24-20-13)12-21-6-3-7-22(9-8-21)17(23)15-4-5-19-11-16(15)18/h4-5,10-11H,2-3,6-9,12H2,1H3. The van der Waals surface area contributed by atoms with E-state index in [9.17, 15) is 4.79 Å². The van der Waals surface area contributed by atoms with E-state index in [1.165, 1.54) is 6.20 Å². The Bertz CT molecular complexity index is 703. The topological polar surface area (TPSA) is 62.5 Å². The molecule has 6 nitrogen and oxygen atoms in total. The molecule has 1 aliphatic heterocycles. The number of aryl methyl sites for hydroxylation is 1. The lowest BCUT2D eigenvalue weighted by atomic mass is 10.2. The largest absolute Gasteiger partial charge is 0.360 e. The zero-order valence-corrected chi connectivity index (χ0v) is 14.5. The van der Waals surface area contributed by atoms with E-state index in [-0.39, 0.29) is 5.91 Å². The highest BCUT2D eigenvalue weighted by molar-refractivity contribution is 6.33. The van der Waals surface area contributed by atoms with Gasteiger partial charge in [0.25, 0.3) is 5.91 Å². The molecule has 1 aliphatic rings. The van der Waals surface area contributed by atoms with E-state index < -0.39 is 0 Å². The van der Waals surface area contributed by atoms with Crippen LogP contribution in [0.1, 0.15) is 35.2 Å². The highest BCUT2D eigenvalue weighted by Gasteiger charge is 2.22. The van der Waals surface area contributed by atoms with Gasteiger partial charge in [-0.2, -0.15) is 0 Å². The van der Waals surface area contributed by atoms with Gasteiger partial charge in [0.2, 0.25) is 0 Å². The molecule has 7 heteroatoms. The molecular weight excluding hydrogens is 328 g/mol. The second-order valence-corrected chi connectivity index (χ2v) is 6.32. The van der Waals surface area contributed by atoms with Crippen molar-refractivity contribution in [2.75, 3.05) is 26.2 Å². The number of pyridine rings is 1. The van der Waals surface area contributed by atoms with Crippen molar-refractivity contribution in [2.45, 2.75) is 26.3 Å². The molecule has 0 radical (unpaired) electrons. The minimum absolute atomic E-state index is 0.0304. The summed E-state index contributed by atoms with van der Waals surface area (Å²) in [6.07, 6.45) is 4.90. The number of halogens is 1. The molecule has 24 heavy (non-hydrogen) atoms. The summed E-state index contributed by atoms with van der Waals surface area (Å²) >= 11 is 6.09. The Morgan fingerprint density at radius 2 is 2.21 bits per heavy atom. The molecule has 1 saturated heterocycles. The van der Waals surface area contributed by atoms with Crippen LogP contribution in [0.25, 0.3) is 0 Å². The third kappa shape index (κ3) is 3.94. The van der Waals surface area contributed by atoms with Gasteiger partial charge in [-0.3, -0.25) is 14.7 Å². The molecule has 128 valence electrons. The Balaban J connectivity index is 1.60. The maximum Gasteiger partial charge on any atom is 0.255 e. The Morgan fingerprint density at radius 1 is 1.33 bits per heavy atom. The first-order valence-corrected chi connectivity index (χ1v) is 8.60. The lowest BCUT2D eigenvalue weighted by molar-refractivity contribution is 0.0760. The Hall–Kier alpha value is -1.92. The molecule has 0 aliphatic carbocycles. The third-order valence-corrected chi connectivity index (χ3v) is 4.53. The van der Waals surface area contributed by atoms with E-state index in [4.69, 9.17) is 16.1 Å². The molecule has 0 N–H and O–H groups in total. The first-order chi connectivity index (χ1) is 11.7. The molecule has 0 spiro atoms. The summed E-state index contributed by atoms with van der Waals surface area (Å²) in [5.41, 5.74) is 1.49. The second-order valence-electron chi connectivity index (χ2n) is 5.92. The molecule has 2 aromatic heterocycles. The summed E-state index contributed by atoms with van der Waals surface area (Å²) in [4.78, 5) is 20.7. The maximum absolute atomic E-state index is 12.6. The third-order valence-electron chi connectivity index (χ3n) is 4.23. The van der Waals surface area contributed by atoms with E-state index in [0.29, 0.717) is 17.1 Å². The van der Waals surface area contributed by atoms with Gasteiger partial charge in [-0.25, -0.2) is 0 Å². The van der Waals surface area contributed by atoms with Gasteiger partial charge < -0.3 is 9.42 Å². The van der Waals surface area contributed by atoms with Crippen LogP contribution in [0.15, 0.2) is 29.0 Å². The fourth-order valence-electron chi connectivity index (χ4n) is 2.87. The van der Waals surface area contributed by atoms with Crippen molar-refractivity contribution in [1.29, 1.82) is 0 Å². The van der Waals surface area contributed by atoms with Crippen molar-refractivity contribution in [3.63, 3.8) is 0 Å². The van der Waals surface area contributed by atoms with Crippen LogP contribution in [0.5, 0.6) is 0 Å². The SMILES string of the molecule is CCc1cc(CN2CCCN(C(=O)c3ccncc3Cl)CC2)on1. The monoisotopic (exact) mass is 348 g/mol. The van der Waals surface area contributed by atoms with Crippen molar-refractivity contribution in [2.24, 2.45) is 0 Å². The highest BCUT2D eigenvalue weighted by atomic mass is 35.5. The molecule has 1 amide bonds. The summed E-state index contributed by atoms with van der Waals surface area (Å²) in [5.74, 6) is 0.848. The number of hydrogen-bond donors (Lipinski definition) is 0. The fourth-order valence-corrected chi connectivity index (χ4v) is 3.07. The van der Waals surface area contributed by atoms with Gasteiger partial charge in [-0.15, -0.1) is 0 Å². The van der Waals surface area contributed by atoms with Crippen LogP contribution in [-0.2, 0) is 13.0 Å². The average molecular weight is 349 g/mol. The normalized spacial score (nSPS) is 16.2. The summed E-state index contributed by atoms with van der Waals surface area (Å²) in [7, 11) is 0. The van der Waals surface area contributed by atoms with Gasteiger partial charge in [0.05, 0.1) is 22.8 Å². The lowest BCUT2D eigenvalue weighted by Crippen LogP contribution is -2.35. The van der Waals surface area contributed by atoms with Gasteiger partial charge in [0.15, 0.2) is 5.76 Å². The van der Waals surface area contributed by atoms with Gasteiger partial charge in [-0.05, 0) is 18.9 Å². The number of carbonyl (C=O) groups excluding carboxylic acids is 1. The van der Waals surface area contributed by atoms with Gasteiger partial charge in [0.1, 0.15) is 0 Å². The lowest BCUT2D eigenvalue weighted by Gasteiger charge is -2.21. The minimum Gasteiger partial charge on any atom is -0.360 e. The summed E-state index contributed by atoms with van der Waals surface area (Å²) in [5, 5.41) is 4.43. The van der Waals surface area contributed by atoms with Crippen LogP contribution in [0.3, 0.4) is 0 Å². The molecule has 0 unspecified atom stereocenters. The Labute approximate surface area is 146 Å². The second kappa shape index (κ2) is 7.77. The number of nitrogens with zero attached hydrogens (tertiary/aromatic N) is 4. The Kier molecular flexibility index (Phi) is 5.48. The van der Waals surface area contributed by atoms with E-state index >= 15 is 0 Å². The van der Waals surface area contributed by atoms with Gasteiger partial charge in [-0.1, -0.05) is 23.7 Å². The molecule has 3 heterocycles. The first kappa shape index (κ1) is 16.9. The quantitative estimate of drug-likeness (QED) is 0.850. The average Bonchev–Trinajstić information content (AvgIpc) is 2.92. The van der Waals surface area contributed by atoms with Crippen LogP contribution in [-0.4, -0.2) is 52.0 Å². The summed E-state index contributed by atoms with van der Waals surface area (Å²) in [6, 6.07) is 3.68. The number of amides is 1. The highest BCUT2D eigenvalue weighted by Crippen LogP contribution is 2.17. The van der Waals surface area contributed by atoms with Gasteiger partial charge in [0, 0.05) is 44.6 Å². The van der Waals surface area contributed by atoms with E-state index in [0.717, 1.165) is 50.5 Å². The van der Waals surface area contributed by atoms with Crippen molar-refractivity contribution in [3.05, 3.63) is 46.6 Å². The zero-order valence-electron chi connectivity index (χ0n) is 13.7. The Morgan fingerprint density at radius 3 is 2.96 bits per heavy atom. The van der Waals surface area contributed by atoms with E-state index in [2.05, 4.69) is 22.0 Å². The number of rotatable bonds is 4. The van der Waals surface area contributed by atoms with Crippen LogP contribution in [0.4, 0.5) is 0 Å². The number of carbonyl (C=O) groups is 1. The van der Waals surface area contributed by atoms with E-state index in [1.54, 1.807) is 12.3 Å². The smallest absolute Gasteiger partial charge is 0.255 e. The molecule has 0 atom stereocenters. The molecule has 1 fully saturated rings. The molecule has 0 bridgehead atoms. The van der Waals surface area contributed by atoms with Crippen LogP contribution >= 0.6 is 11.6 Å². The van der Waals surface area contributed by atoms with Crippen molar-refractivity contribution in [3.8, 4) is 0 Å². The predicted octanol–water partition coefficient (Wildman–Crippen LogP) is 2.63.